The highest BCUT2D eigenvalue weighted by Gasteiger charge is 2.19. The summed E-state index contributed by atoms with van der Waals surface area (Å²) in [4.78, 5) is 9.37. The Morgan fingerprint density at radius 3 is 0.759 bits per heavy atom. The molecule has 0 heterocycles. The molecule has 0 aliphatic carbocycles. The van der Waals surface area contributed by atoms with Gasteiger partial charge in [0.2, 0.25) is 0 Å². The van der Waals surface area contributed by atoms with Gasteiger partial charge in [-0.15, -0.1) is 0 Å². The van der Waals surface area contributed by atoms with Crippen LogP contribution in [0.4, 0.5) is 0 Å². The quantitative estimate of drug-likeness (QED) is 0.240. The number of carbonyl (C=O) groups is 1. The van der Waals surface area contributed by atoms with Gasteiger partial charge in [-0.1, -0.05) is 79.7 Å². The maximum atomic E-state index is 9.37. The topological polar surface area (TPSA) is 37.3 Å². The molecule has 0 atom stereocenters. The van der Waals surface area contributed by atoms with E-state index < -0.39 is 5.97 Å². The lowest BCUT2D eigenvalue weighted by Crippen LogP contribution is -1.91. The minimum absolute atomic E-state index is 0.222. The fourth-order valence-electron chi connectivity index (χ4n) is 4.89. The van der Waals surface area contributed by atoms with Gasteiger partial charge in [-0.05, 0) is 64.6 Å². The molecule has 0 radical (unpaired) electrons. The Morgan fingerprint density at radius 2 is 0.655 bits per heavy atom. The van der Waals surface area contributed by atoms with Gasteiger partial charge in [-0.2, -0.15) is 0 Å². The summed E-state index contributed by atoms with van der Waals surface area (Å²) in [6.45, 7) is 1.60. The Labute approximate surface area is 167 Å². The summed E-state index contributed by atoms with van der Waals surface area (Å²) >= 11 is 0. The van der Waals surface area contributed by atoms with E-state index in [0.29, 0.717) is 0 Å². The van der Waals surface area contributed by atoms with Crippen LogP contribution in [0, 0.1) is 0 Å². The summed E-state index contributed by atoms with van der Waals surface area (Å²) in [6, 6.07) is 27.3. The Morgan fingerprint density at radius 1 is 0.517 bits per heavy atom. The second-order valence-electron chi connectivity index (χ2n) is 7.73. The average Bonchev–Trinajstić information content (AvgIpc) is 2.77. The molecule has 7 aromatic carbocycles. The second kappa shape index (κ2) is 5.68. The molecule has 0 aromatic heterocycles. The molecular weight excluding hydrogens is 356 g/mol. The first-order chi connectivity index (χ1) is 14.2. The minimum Gasteiger partial charge on any atom is -0.481 e. The Balaban J connectivity index is 0.000000300. The molecule has 2 heteroatoms. The molecule has 0 aliphatic rings. The molecule has 0 amide bonds. The van der Waals surface area contributed by atoms with Crippen molar-refractivity contribution in [2.75, 3.05) is 0 Å². The van der Waals surface area contributed by atoms with Crippen molar-refractivity contribution >= 4 is 70.6 Å². The number of benzene rings is 7. The molecule has 0 saturated carbocycles. The lowest BCUT2D eigenvalue weighted by atomic mass is 9.83. The van der Waals surface area contributed by atoms with Crippen molar-refractivity contribution in [1.29, 1.82) is 0 Å². The summed E-state index contributed by atoms with van der Waals surface area (Å²) in [5.41, 5.74) is 0. The zero-order valence-corrected chi connectivity index (χ0v) is 16.0. The standard InChI is InChI=1S/C24H12.C3H6O2/c1-2-14-5-6-16-9-11-18-12-10-17-8-7-15-4-3-13(1)19-20(14)22(16)24(18)23(17)21(15)19;1-2-3(4)5/h1-12H;2H2,1H3,(H,4,5). The van der Waals surface area contributed by atoms with Crippen LogP contribution in [-0.2, 0) is 4.79 Å². The van der Waals surface area contributed by atoms with Gasteiger partial charge >= 0.3 is 5.97 Å². The number of hydrogen-bond donors (Lipinski definition) is 1. The van der Waals surface area contributed by atoms with Gasteiger partial charge in [-0.25, -0.2) is 0 Å². The predicted molar refractivity (Wildman–Crippen MR) is 123 cm³/mol. The zero-order chi connectivity index (χ0) is 19.7. The second-order valence-corrected chi connectivity index (χ2v) is 7.73. The van der Waals surface area contributed by atoms with E-state index in [9.17, 15) is 4.79 Å². The first-order valence-electron chi connectivity index (χ1n) is 9.95. The van der Waals surface area contributed by atoms with Gasteiger partial charge in [0, 0.05) is 6.42 Å². The van der Waals surface area contributed by atoms with Crippen LogP contribution in [0.3, 0.4) is 0 Å². The Bertz CT molecular complexity index is 1260. The maximum absolute atomic E-state index is 9.37. The third kappa shape index (κ3) is 2.09. The van der Waals surface area contributed by atoms with E-state index in [1.165, 1.54) is 64.6 Å². The highest BCUT2D eigenvalue weighted by atomic mass is 16.4. The minimum atomic E-state index is -0.745. The van der Waals surface area contributed by atoms with Gasteiger partial charge in [-0.3, -0.25) is 4.79 Å². The van der Waals surface area contributed by atoms with E-state index in [0.717, 1.165) is 0 Å². The summed E-state index contributed by atoms with van der Waals surface area (Å²) in [5, 5.41) is 24.4. The molecule has 138 valence electrons. The van der Waals surface area contributed by atoms with Crippen LogP contribution in [0.1, 0.15) is 13.3 Å². The van der Waals surface area contributed by atoms with Crippen LogP contribution >= 0.6 is 0 Å². The third-order valence-electron chi connectivity index (χ3n) is 6.19. The van der Waals surface area contributed by atoms with Gasteiger partial charge in [0.15, 0.2) is 0 Å². The van der Waals surface area contributed by atoms with E-state index in [1.807, 2.05) is 0 Å². The zero-order valence-electron chi connectivity index (χ0n) is 16.0. The average molecular weight is 374 g/mol. The van der Waals surface area contributed by atoms with Gasteiger partial charge in [0.05, 0.1) is 0 Å². The summed E-state index contributed by atoms with van der Waals surface area (Å²) in [7, 11) is 0. The van der Waals surface area contributed by atoms with Crippen LogP contribution < -0.4 is 0 Å². The van der Waals surface area contributed by atoms with Crippen LogP contribution in [0.15, 0.2) is 72.8 Å². The highest BCUT2D eigenvalue weighted by molar-refractivity contribution is 6.44. The van der Waals surface area contributed by atoms with E-state index in [2.05, 4.69) is 72.8 Å². The van der Waals surface area contributed by atoms with Gasteiger partial charge in [0.25, 0.3) is 0 Å². The molecule has 0 fully saturated rings. The fraction of sp³-hybridized carbons (Fsp3) is 0.0741. The largest absolute Gasteiger partial charge is 0.481 e. The van der Waals surface area contributed by atoms with Crippen molar-refractivity contribution in [3.8, 4) is 0 Å². The van der Waals surface area contributed by atoms with Crippen LogP contribution in [0.5, 0.6) is 0 Å². The molecule has 7 rings (SSSR count). The molecule has 2 nitrogen and oxygen atoms in total. The molecule has 0 saturated heterocycles. The van der Waals surface area contributed by atoms with E-state index in [4.69, 9.17) is 5.11 Å². The molecule has 29 heavy (non-hydrogen) atoms. The van der Waals surface area contributed by atoms with Gasteiger partial charge < -0.3 is 5.11 Å². The van der Waals surface area contributed by atoms with Crippen LogP contribution in [0.25, 0.3) is 64.6 Å². The predicted octanol–water partition coefficient (Wildman–Crippen LogP) is 7.40. The number of carboxylic acids is 1. The maximum Gasteiger partial charge on any atom is 0.303 e. The fourth-order valence-corrected chi connectivity index (χ4v) is 4.89. The van der Waals surface area contributed by atoms with Crippen molar-refractivity contribution < 1.29 is 9.90 Å². The molecule has 0 bridgehead atoms. The molecule has 1 N–H and O–H groups in total. The van der Waals surface area contributed by atoms with E-state index in [-0.39, 0.29) is 6.42 Å². The third-order valence-corrected chi connectivity index (χ3v) is 6.19. The number of aliphatic carboxylic acids is 1. The number of hydrogen-bond acceptors (Lipinski definition) is 1. The van der Waals surface area contributed by atoms with Gasteiger partial charge in [0.1, 0.15) is 0 Å². The van der Waals surface area contributed by atoms with Crippen molar-refractivity contribution in [1.82, 2.24) is 0 Å². The summed E-state index contributed by atoms with van der Waals surface area (Å²) in [6.07, 6.45) is 0.222. The molecule has 0 spiro atoms. The first kappa shape index (κ1) is 16.3. The molecule has 7 aromatic rings. The van der Waals surface area contributed by atoms with E-state index in [1.54, 1.807) is 6.92 Å². The highest BCUT2D eigenvalue weighted by Crippen LogP contribution is 2.47. The summed E-state index contributed by atoms with van der Waals surface area (Å²) in [5.74, 6) is -0.745. The number of rotatable bonds is 1. The normalized spacial score (nSPS) is 12.0. The van der Waals surface area contributed by atoms with Crippen molar-refractivity contribution in [3.05, 3.63) is 72.8 Å². The molecule has 0 aliphatic heterocycles. The van der Waals surface area contributed by atoms with Crippen molar-refractivity contribution in [2.45, 2.75) is 13.3 Å². The SMILES string of the molecule is CCC(=O)O.c1cc2ccc3ccc4ccc5ccc6ccc1c1c2c3c4c5c61. The molecule has 0 unspecified atom stereocenters. The summed E-state index contributed by atoms with van der Waals surface area (Å²) < 4.78 is 0. The van der Waals surface area contributed by atoms with E-state index >= 15 is 0 Å². The lowest BCUT2D eigenvalue weighted by molar-refractivity contribution is -0.136. The first-order valence-corrected chi connectivity index (χ1v) is 9.95. The molecular formula is C27H18O2. The number of carboxylic acid groups (broad SMARTS) is 1. The lowest BCUT2D eigenvalue weighted by Gasteiger charge is -2.20. The van der Waals surface area contributed by atoms with Crippen LogP contribution in [0.2, 0.25) is 0 Å². The Hall–Kier alpha value is -3.65. The van der Waals surface area contributed by atoms with Crippen LogP contribution in [-0.4, -0.2) is 11.1 Å². The van der Waals surface area contributed by atoms with Crippen molar-refractivity contribution in [3.63, 3.8) is 0 Å². The smallest absolute Gasteiger partial charge is 0.303 e. The van der Waals surface area contributed by atoms with Crippen molar-refractivity contribution in [2.24, 2.45) is 0 Å². The monoisotopic (exact) mass is 374 g/mol. The Kier molecular flexibility index (Phi) is 3.20.